The lowest BCUT2D eigenvalue weighted by atomic mass is 9.99. The quantitative estimate of drug-likeness (QED) is 0.843. The molecule has 0 aliphatic carbocycles. The fourth-order valence-electron chi connectivity index (χ4n) is 2.29. The minimum atomic E-state index is -0.0243. The summed E-state index contributed by atoms with van der Waals surface area (Å²) in [6.45, 7) is 0.887. The molecule has 17 heavy (non-hydrogen) atoms. The van der Waals surface area contributed by atoms with E-state index >= 15 is 0 Å². The molecule has 2 rings (SSSR count). The van der Waals surface area contributed by atoms with Crippen molar-refractivity contribution in [3.8, 4) is 0 Å². The van der Waals surface area contributed by atoms with E-state index in [1.807, 2.05) is 4.90 Å². The van der Waals surface area contributed by atoms with Crippen LogP contribution in [-0.2, 0) is 0 Å². The van der Waals surface area contributed by atoms with Gasteiger partial charge in [0.2, 0.25) is 0 Å². The molecule has 1 aliphatic heterocycles. The maximum atomic E-state index is 12.2. The Morgan fingerprint density at radius 2 is 2.18 bits per heavy atom. The first-order valence-electron chi connectivity index (χ1n) is 6.00. The lowest BCUT2D eigenvalue weighted by Crippen LogP contribution is -2.44. The maximum absolute atomic E-state index is 12.2. The van der Waals surface area contributed by atoms with Crippen LogP contribution in [0.15, 0.2) is 18.7 Å². The van der Waals surface area contributed by atoms with Gasteiger partial charge in [-0.2, -0.15) is 0 Å². The lowest BCUT2D eigenvalue weighted by Gasteiger charge is -2.35. The van der Waals surface area contributed by atoms with Crippen LogP contribution in [0.2, 0.25) is 0 Å². The highest BCUT2D eigenvalue weighted by Crippen LogP contribution is 2.21. The summed E-state index contributed by atoms with van der Waals surface area (Å²) < 4.78 is 0. The third-order valence-electron chi connectivity index (χ3n) is 3.16. The van der Waals surface area contributed by atoms with Gasteiger partial charge in [-0.1, -0.05) is 0 Å². The molecule has 1 aliphatic rings. The van der Waals surface area contributed by atoms with Gasteiger partial charge in [0.25, 0.3) is 5.91 Å². The maximum Gasteiger partial charge on any atom is 0.257 e. The molecule has 0 spiro atoms. The Morgan fingerprint density at radius 3 is 2.88 bits per heavy atom. The summed E-state index contributed by atoms with van der Waals surface area (Å²) in [6.07, 6.45) is 8.28. The molecule has 0 bridgehead atoms. The molecule has 0 aromatic carbocycles. The van der Waals surface area contributed by atoms with Gasteiger partial charge in [0, 0.05) is 31.6 Å². The summed E-state index contributed by atoms with van der Waals surface area (Å²) in [5, 5.41) is 9.03. The average Bonchev–Trinajstić information content (AvgIpc) is 2.40. The second-order valence-electron chi connectivity index (χ2n) is 4.29. The number of hydrogen-bond acceptors (Lipinski definition) is 4. The average molecular weight is 235 g/mol. The summed E-state index contributed by atoms with van der Waals surface area (Å²) in [5.74, 6) is -0.0243. The SMILES string of the molecule is O=C(c1cncnc1)N1CCCCC1CCO. The summed E-state index contributed by atoms with van der Waals surface area (Å²) in [4.78, 5) is 21.8. The van der Waals surface area contributed by atoms with Crippen LogP contribution in [-0.4, -0.2) is 45.1 Å². The van der Waals surface area contributed by atoms with Gasteiger partial charge in [0.05, 0.1) is 5.56 Å². The number of aromatic nitrogens is 2. The monoisotopic (exact) mass is 235 g/mol. The number of piperidine rings is 1. The van der Waals surface area contributed by atoms with Crippen molar-refractivity contribution in [2.45, 2.75) is 31.7 Å². The number of rotatable bonds is 3. The van der Waals surface area contributed by atoms with Crippen molar-refractivity contribution >= 4 is 5.91 Å². The summed E-state index contributed by atoms with van der Waals surface area (Å²) >= 11 is 0. The zero-order valence-corrected chi connectivity index (χ0v) is 9.75. The first kappa shape index (κ1) is 12.0. The van der Waals surface area contributed by atoms with Crippen molar-refractivity contribution in [3.63, 3.8) is 0 Å². The molecule has 1 atom stereocenters. The van der Waals surface area contributed by atoms with Crippen molar-refractivity contribution in [2.75, 3.05) is 13.2 Å². The topological polar surface area (TPSA) is 66.3 Å². The minimum absolute atomic E-state index is 0.0243. The van der Waals surface area contributed by atoms with Crippen LogP contribution in [0.4, 0.5) is 0 Å². The number of carbonyl (C=O) groups is 1. The van der Waals surface area contributed by atoms with Gasteiger partial charge in [-0.15, -0.1) is 0 Å². The Balaban J connectivity index is 2.11. The van der Waals surface area contributed by atoms with E-state index in [2.05, 4.69) is 9.97 Å². The molecule has 0 radical (unpaired) electrons. The summed E-state index contributed by atoms with van der Waals surface area (Å²) in [5.41, 5.74) is 0.525. The minimum Gasteiger partial charge on any atom is -0.396 e. The third kappa shape index (κ3) is 2.79. The van der Waals surface area contributed by atoms with Gasteiger partial charge in [0.1, 0.15) is 6.33 Å². The van der Waals surface area contributed by atoms with Crippen LogP contribution < -0.4 is 0 Å². The van der Waals surface area contributed by atoms with Crippen molar-refractivity contribution < 1.29 is 9.90 Å². The van der Waals surface area contributed by atoms with Crippen molar-refractivity contribution in [2.24, 2.45) is 0 Å². The molecule has 1 fully saturated rings. The standard InChI is InChI=1S/C12H17N3O2/c16-6-4-11-3-1-2-5-15(11)12(17)10-7-13-9-14-8-10/h7-9,11,16H,1-6H2. The molecule has 1 saturated heterocycles. The van der Waals surface area contributed by atoms with E-state index in [1.54, 1.807) is 12.4 Å². The summed E-state index contributed by atoms with van der Waals surface area (Å²) in [7, 11) is 0. The predicted molar refractivity (Wildman–Crippen MR) is 62.4 cm³/mol. The number of carbonyl (C=O) groups excluding carboxylic acids is 1. The molecular weight excluding hydrogens is 218 g/mol. The molecule has 1 aromatic rings. The van der Waals surface area contributed by atoms with E-state index in [9.17, 15) is 4.79 Å². The fraction of sp³-hybridized carbons (Fsp3) is 0.583. The second kappa shape index (κ2) is 5.72. The van der Waals surface area contributed by atoms with Crippen LogP contribution in [0.5, 0.6) is 0 Å². The Labute approximate surface area is 100 Å². The molecular formula is C12H17N3O2. The number of hydrogen-bond donors (Lipinski definition) is 1. The number of amides is 1. The smallest absolute Gasteiger partial charge is 0.257 e. The van der Waals surface area contributed by atoms with E-state index in [4.69, 9.17) is 5.11 Å². The molecule has 2 heterocycles. The van der Waals surface area contributed by atoms with E-state index < -0.39 is 0 Å². The first-order valence-corrected chi connectivity index (χ1v) is 6.00. The van der Waals surface area contributed by atoms with Crippen LogP contribution in [0.3, 0.4) is 0 Å². The van der Waals surface area contributed by atoms with E-state index in [-0.39, 0.29) is 18.6 Å². The Kier molecular flexibility index (Phi) is 4.03. The zero-order chi connectivity index (χ0) is 12.1. The van der Waals surface area contributed by atoms with E-state index in [0.717, 1.165) is 25.8 Å². The number of aliphatic hydroxyl groups excluding tert-OH is 1. The fourth-order valence-corrected chi connectivity index (χ4v) is 2.29. The molecule has 92 valence electrons. The molecule has 5 nitrogen and oxygen atoms in total. The van der Waals surface area contributed by atoms with E-state index in [0.29, 0.717) is 12.0 Å². The van der Waals surface area contributed by atoms with Crippen LogP contribution in [0, 0.1) is 0 Å². The highest BCUT2D eigenvalue weighted by molar-refractivity contribution is 5.93. The Hall–Kier alpha value is -1.49. The van der Waals surface area contributed by atoms with Gasteiger partial charge < -0.3 is 10.0 Å². The van der Waals surface area contributed by atoms with Gasteiger partial charge in [-0.3, -0.25) is 4.79 Å². The van der Waals surface area contributed by atoms with Crippen LogP contribution in [0.1, 0.15) is 36.0 Å². The highest BCUT2D eigenvalue weighted by Gasteiger charge is 2.27. The molecule has 1 unspecified atom stereocenters. The van der Waals surface area contributed by atoms with Crippen molar-refractivity contribution in [3.05, 3.63) is 24.3 Å². The number of nitrogens with zero attached hydrogens (tertiary/aromatic N) is 3. The molecule has 1 N–H and O–H groups in total. The highest BCUT2D eigenvalue weighted by atomic mass is 16.3. The Morgan fingerprint density at radius 1 is 1.41 bits per heavy atom. The van der Waals surface area contributed by atoms with Gasteiger partial charge in [0.15, 0.2) is 0 Å². The lowest BCUT2D eigenvalue weighted by molar-refractivity contribution is 0.0573. The first-order chi connectivity index (χ1) is 8.33. The predicted octanol–water partition coefficient (Wildman–Crippen LogP) is 0.854. The molecule has 0 saturated carbocycles. The summed E-state index contributed by atoms with van der Waals surface area (Å²) in [6, 6.07) is 0.154. The van der Waals surface area contributed by atoms with Gasteiger partial charge in [-0.05, 0) is 25.7 Å². The van der Waals surface area contributed by atoms with E-state index in [1.165, 1.54) is 6.33 Å². The van der Waals surface area contributed by atoms with Gasteiger partial charge >= 0.3 is 0 Å². The number of aliphatic hydroxyl groups is 1. The largest absolute Gasteiger partial charge is 0.396 e. The zero-order valence-electron chi connectivity index (χ0n) is 9.75. The van der Waals surface area contributed by atoms with Crippen LogP contribution in [0.25, 0.3) is 0 Å². The normalized spacial score (nSPS) is 20.3. The second-order valence-corrected chi connectivity index (χ2v) is 4.29. The van der Waals surface area contributed by atoms with Gasteiger partial charge in [-0.25, -0.2) is 9.97 Å². The molecule has 1 aromatic heterocycles. The van der Waals surface area contributed by atoms with Crippen molar-refractivity contribution in [1.82, 2.24) is 14.9 Å². The Bertz CT molecular complexity index is 367. The van der Waals surface area contributed by atoms with Crippen LogP contribution >= 0.6 is 0 Å². The molecule has 1 amide bonds. The third-order valence-corrected chi connectivity index (χ3v) is 3.16. The molecule has 5 heteroatoms. The van der Waals surface area contributed by atoms with Crippen molar-refractivity contribution in [1.29, 1.82) is 0 Å². The number of likely N-dealkylation sites (tertiary alicyclic amines) is 1.